The summed E-state index contributed by atoms with van der Waals surface area (Å²) in [6.07, 6.45) is 1.55. The maximum atomic E-state index is 12.8. The Hall–Kier alpha value is -3.08. The van der Waals surface area contributed by atoms with Crippen LogP contribution in [0, 0.1) is 13.8 Å². The average molecular weight is 337 g/mol. The molecule has 1 aliphatic rings. The molecule has 25 heavy (non-hydrogen) atoms. The summed E-state index contributed by atoms with van der Waals surface area (Å²) >= 11 is 0. The van der Waals surface area contributed by atoms with Gasteiger partial charge in [0.15, 0.2) is 11.5 Å². The first-order valence-corrected chi connectivity index (χ1v) is 8.04. The number of fused-ring (bicyclic) bond motifs is 1. The van der Waals surface area contributed by atoms with E-state index in [2.05, 4.69) is 0 Å². The molecule has 1 aliphatic heterocycles. The number of hydrogen-bond acceptors (Lipinski definition) is 3. The Morgan fingerprint density at radius 3 is 2.48 bits per heavy atom. The predicted molar refractivity (Wildman–Crippen MR) is 95.6 cm³/mol. The van der Waals surface area contributed by atoms with Gasteiger partial charge in [0.1, 0.15) is 0 Å². The van der Waals surface area contributed by atoms with E-state index < -0.39 is 5.97 Å². The van der Waals surface area contributed by atoms with Crippen molar-refractivity contribution in [2.24, 2.45) is 0 Å². The van der Waals surface area contributed by atoms with Crippen molar-refractivity contribution in [3.63, 3.8) is 0 Å². The Balaban J connectivity index is 1.99. The quantitative estimate of drug-likeness (QED) is 0.867. The molecule has 0 aliphatic carbocycles. The maximum absolute atomic E-state index is 12.8. The van der Waals surface area contributed by atoms with E-state index >= 15 is 0 Å². The molecule has 128 valence electrons. The second kappa shape index (κ2) is 6.81. The van der Waals surface area contributed by atoms with E-state index in [4.69, 9.17) is 9.84 Å². The van der Waals surface area contributed by atoms with Crippen molar-refractivity contribution >= 4 is 23.6 Å². The summed E-state index contributed by atoms with van der Waals surface area (Å²) < 4.78 is 5.79. The highest BCUT2D eigenvalue weighted by Gasteiger charge is 2.30. The summed E-state index contributed by atoms with van der Waals surface area (Å²) in [5.41, 5.74) is 3.55. The number of carbonyl (C=O) groups excluding carboxylic acids is 1. The average Bonchev–Trinajstić information content (AvgIpc) is 2.57. The Kier molecular flexibility index (Phi) is 4.57. The van der Waals surface area contributed by atoms with Crippen molar-refractivity contribution in [1.82, 2.24) is 0 Å². The summed E-state index contributed by atoms with van der Waals surface area (Å²) in [7, 11) is 0. The number of aliphatic carboxylic acids is 1. The molecule has 0 atom stereocenters. The SMILES string of the molecule is Cc1ccc(/C=C2/Oc3ccc(C)cc3N(CCC(=O)O)C2=O)cc1. The van der Waals surface area contributed by atoms with E-state index in [0.717, 1.165) is 16.7 Å². The van der Waals surface area contributed by atoms with Gasteiger partial charge in [-0.1, -0.05) is 35.9 Å². The molecule has 2 aromatic carbocycles. The summed E-state index contributed by atoms with van der Waals surface area (Å²) in [6.45, 7) is 4.00. The lowest BCUT2D eigenvalue weighted by atomic mass is 10.1. The summed E-state index contributed by atoms with van der Waals surface area (Å²) in [5, 5.41) is 8.98. The Bertz CT molecular complexity index is 852. The molecule has 0 spiro atoms. The lowest BCUT2D eigenvalue weighted by molar-refractivity contribution is -0.136. The van der Waals surface area contributed by atoms with E-state index in [0.29, 0.717) is 11.4 Å². The summed E-state index contributed by atoms with van der Waals surface area (Å²) in [5.74, 6) is -0.544. The summed E-state index contributed by atoms with van der Waals surface area (Å²) in [4.78, 5) is 25.2. The van der Waals surface area contributed by atoms with Gasteiger partial charge in [0.05, 0.1) is 12.1 Å². The second-order valence-corrected chi connectivity index (χ2v) is 6.09. The zero-order valence-electron chi connectivity index (χ0n) is 14.2. The van der Waals surface area contributed by atoms with Gasteiger partial charge in [0.25, 0.3) is 5.91 Å². The molecule has 0 saturated carbocycles. The first-order chi connectivity index (χ1) is 11.9. The first-order valence-electron chi connectivity index (χ1n) is 8.04. The van der Waals surface area contributed by atoms with Gasteiger partial charge in [-0.2, -0.15) is 0 Å². The molecular formula is C20H19NO4. The largest absolute Gasteiger partial charge is 0.481 e. The fraction of sp³-hybridized carbons (Fsp3) is 0.200. The molecule has 5 nitrogen and oxygen atoms in total. The molecule has 1 N–H and O–H groups in total. The zero-order valence-corrected chi connectivity index (χ0v) is 14.2. The number of aryl methyl sites for hydroxylation is 2. The van der Waals surface area contributed by atoms with E-state index in [1.54, 1.807) is 12.1 Å². The fourth-order valence-corrected chi connectivity index (χ4v) is 2.66. The number of nitrogens with zero attached hydrogens (tertiary/aromatic N) is 1. The van der Waals surface area contributed by atoms with Crippen LogP contribution in [0.15, 0.2) is 48.2 Å². The van der Waals surface area contributed by atoms with Crippen LogP contribution in [0.5, 0.6) is 5.75 Å². The maximum Gasteiger partial charge on any atom is 0.305 e. The monoisotopic (exact) mass is 337 g/mol. The van der Waals surface area contributed by atoms with Crippen LogP contribution in [-0.2, 0) is 9.59 Å². The number of rotatable bonds is 4. The van der Waals surface area contributed by atoms with Crippen LogP contribution in [0.25, 0.3) is 6.08 Å². The van der Waals surface area contributed by atoms with Gasteiger partial charge in [-0.15, -0.1) is 0 Å². The number of ether oxygens (including phenoxy) is 1. The molecule has 1 amide bonds. The minimum atomic E-state index is -0.947. The van der Waals surface area contributed by atoms with Crippen LogP contribution in [-0.4, -0.2) is 23.5 Å². The van der Waals surface area contributed by atoms with Gasteiger partial charge < -0.3 is 14.7 Å². The van der Waals surface area contributed by atoms with Gasteiger partial charge in [-0.3, -0.25) is 9.59 Å². The van der Waals surface area contributed by atoms with Gasteiger partial charge in [-0.05, 0) is 43.2 Å². The number of carboxylic acid groups (broad SMARTS) is 1. The predicted octanol–water partition coefficient (Wildman–Crippen LogP) is 3.54. The lowest BCUT2D eigenvalue weighted by Gasteiger charge is -2.30. The molecule has 0 saturated heterocycles. The fourth-order valence-electron chi connectivity index (χ4n) is 2.66. The van der Waals surface area contributed by atoms with E-state index in [9.17, 15) is 9.59 Å². The number of carboxylic acids is 1. The zero-order chi connectivity index (χ0) is 18.0. The van der Waals surface area contributed by atoms with Gasteiger partial charge in [0.2, 0.25) is 0 Å². The van der Waals surface area contributed by atoms with E-state index in [-0.39, 0.29) is 24.6 Å². The minimum absolute atomic E-state index is 0.0964. The molecular weight excluding hydrogens is 318 g/mol. The van der Waals surface area contributed by atoms with Crippen molar-refractivity contribution in [2.75, 3.05) is 11.4 Å². The smallest absolute Gasteiger partial charge is 0.305 e. The highest BCUT2D eigenvalue weighted by atomic mass is 16.5. The highest BCUT2D eigenvalue weighted by molar-refractivity contribution is 6.10. The standard InChI is InChI=1S/C20H19NO4/c1-13-3-6-15(7-4-13)12-18-20(24)21(10-9-19(22)23)16-11-14(2)5-8-17(16)25-18/h3-8,11-12H,9-10H2,1-2H3,(H,22,23)/b18-12+. The Morgan fingerprint density at radius 2 is 1.80 bits per heavy atom. The van der Waals surface area contributed by atoms with E-state index in [1.165, 1.54) is 4.90 Å². The third kappa shape index (κ3) is 3.71. The third-order valence-electron chi connectivity index (χ3n) is 4.01. The Labute approximate surface area is 146 Å². The van der Waals surface area contributed by atoms with Crippen molar-refractivity contribution < 1.29 is 19.4 Å². The molecule has 3 rings (SSSR count). The Morgan fingerprint density at radius 1 is 1.12 bits per heavy atom. The van der Waals surface area contributed by atoms with Crippen molar-refractivity contribution in [1.29, 1.82) is 0 Å². The highest BCUT2D eigenvalue weighted by Crippen LogP contribution is 2.36. The normalized spacial score (nSPS) is 15.0. The number of anilines is 1. The van der Waals surface area contributed by atoms with Crippen LogP contribution < -0.4 is 9.64 Å². The van der Waals surface area contributed by atoms with Crippen molar-refractivity contribution in [3.8, 4) is 5.75 Å². The van der Waals surface area contributed by atoms with Crippen molar-refractivity contribution in [2.45, 2.75) is 20.3 Å². The molecule has 0 aromatic heterocycles. The lowest BCUT2D eigenvalue weighted by Crippen LogP contribution is -2.38. The topological polar surface area (TPSA) is 66.8 Å². The number of carbonyl (C=O) groups is 2. The summed E-state index contributed by atoms with van der Waals surface area (Å²) in [6, 6.07) is 13.3. The molecule has 0 bridgehead atoms. The van der Waals surface area contributed by atoms with Crippen LogP contribution in [0.4, 0.5) is 5.69 Å². The second-order valence-electron chi connectivity index (χ2n) is 6.09. The molecule has 2 aromatic rings. The van der Waals surface area contributed by atoms with Crippen molar-refractivity contribution in [3.05, 3.63) is 64.9 Å². The van der Waals surface area contributed by atoms with Crippen LogP contribution in [0.1, 0.15) is 23.1 Å². The molecule has 1 heterocycles. The third-order valence-corrected chi connectivity index (χ3v) is 4.01. The molecule has 5 heteroatoms. The first kappa shape index (κ1) is 16.8. The minimum Gasteiger partial charge on any atom is -0.481 e. The number of benzene rings is 2. The number of hydrogen-bond donors (Lipinski definition) is 1. The van der Waals surface area contributed by atoms with Gasteiger partial charge in [0, 0.05) is 6.54 Å². The van der Waals surface area contributed by atoms with Crippen LogP contribution in [0.3, 0.4) is 0 Å². The molecule has 0 fully saturated rings. The molecule has 0 radical (unpaired) electrons. The van der Waals surface area contributed by atoms with E-state index in [1.807, 2.05) is 50.2 Å². The number of amides is 1. The van der Waals surface area contributed by atoms with Gasteiger partial charge >= 0.3 is 5.97 Å². The van der Waals surface area contributed by atoms with Crippen LogP contribution >= 0.6 is 0 Å². The molecule has 0 unspecified atom stereocenters. The van der Waals surface area contributed by atoms with Crippen LogP contribution in [0.2, 0.25) is 0 Å². The van der Waals surface area contributed by atoms with Gasteiger partial charge in [-0.25, -0.2) is 0 Å².